The van der Waals surface area contributed by atoms with E-state index in [-0.39, 0.29) is 0 Å². The highest BCUT2D eigenvalue weighted by atomic mass is 32.1. The maximum absolute atomic E-state index is 5.97. The lowest BCUT2D eigenvalue weighted by Gasteiger charge is -2.26. The normalized spacial score (nSPS) is 25.8. The summed E-state index contributed by atoms with van der Waals surface area (Å²) in [5.74, 6) is 0.791. The Morgan fingerprint density at radius 1 is 1.50 bits per heavy atom. The van der Waals surface area contributed by atoms with Crippen molar-refractivity contribution in [1.82, 2.24) is 10.3 Å². The molecule has 2 unspecified atom stereocenters. The van der Waals surface area contributed by atoms with Gasteiger partial charge in [-0.2, -0.15) is 0 Å². The van der Waals surface area contributed by atoms with E-state index in [1.54, 1.807) is 11.3 Å². The molecule has 1 aromatic heterocycles. The van der Waals surface area contributed by atoms with E-state index in [1.807, 2.05) is 5.51 Å². The second-order valence-electron chi connectivity index (χ2n) is 4.73. The van der Waals surface area contributed by atoms with Crippen molar-refractivity contribution in [2.75, 3.05) is 13.1 Å². The molecule has 16 heavy (non-hydrogen) atoms. The Labute approximate surface area is 101 Å². The van der Waals surface area contributed by atoms with E-state index in [4.69, 9.17) is 5.73 Å². The van der Waals surface area contributed by atoms with Crippen LogP contribution in [0.3, 0.4) is 0 Å². The maximum Gasteiger partial charge on any atom is 0.0794 e. The summed E-state index contributed by atoms with van der Waals surface area (Å²) in [5.41, 5.74) is 9.07. The first-order valence-corrected chi connectivity index (χ1v) is 7.12. The van der Waals surface area contributed by atoms with Gasteiger partial charge in [-0.25, -0.2) is 4.98 Å². The zero-order valence-electron chi connectivity index (χ0n) is 9.69. The third kappa shape index (κ3) is 3.85. The molecule has 4 heteroatoms. The number of nitrogens with zero attached hydrogens (tertiary/aromatic N) is 1. The predicted octanol–water partition coefficient (Wildman–Crippen LogP) is 1.79. The minimum atomic E-state index is 0.444. The predicted molar refractivity (Wildman–Crippen MR) is 68.6 cm³/mol. The highest BCUT2D eigenvalue weighted by Crippen LogP contribution is 2.22. The molecule has 0 aliphatic heterocycles. The van der Waals surface area contributed by atoms with Gasteiger partial charge in [0.25, 0.3) is 0 Å². The maximum atomic E-state index is 5.97. The third-order valence-electron chi connectivity index (χ3n) is 3.30. The van der Waals surface area contributed by atoms with Crippen LogP contribution in [0, 0.1) is 5.92 Å². The smallest absolute Gasteiger partial charge is 0.0794 e. The Kier molecular flexibility index (Phi) is 4.75. The minimum Gasteiger partial charge on any atom is -0.328 e. The fourth-order valence-corrected chi connectivity index (χ4v) is 2.99. The molecular weight excluding hydrogens is 218 g/mol. The Morgan fingerprint density at radius 3 is 3.19 bits per heavy atom. The van der Waals surface area contributed by atoms with Crippen molar-refractivity contribution in [2.45, 2.75) is 38.1 Å². The second-order valence-corrected chi connectivity index (χ2v) is 5.45. The molecule has 3 nitrogen and oxygen atoms in total. The number of rotatable bonds is 5. The fourth-order valence-electron chi connectivity index (χ4n) is 2.40. The molecule has 1 saturated carbocycles. The van der Waals surface area contributed by atoms with Crippen LogP contribution in [0.4, 0.5) is 0 Å². The van der Waals surface area contributed by atoms with Crippen LogP contribution in [-0.2, 0) is 6.42 Å². The van der Waals surface area contributed by atoms with Gasteiger partial charge in [0.2, 0.25) is 0 Å². The van der Waals surface area contributed by atoms with Crippen molar-refractivity contribution in [3.05, 3.63) is 16.6 Å². The van der Waals surface area contributed by atoms with Crippen molar-refractivity contribution >= 4 is 11.3 Å². The Hall–Kier alpha value is -0.450. The molecule has 2 rings (SSSR count). The molecule has 0 bridgehead atoms. The Balaban J connectivity index is 1.57. The van der Waals surface area contributed by atoms with Crippen LogP contribution in [0.2, 0.25) is 0 Å². The minimum absolute atomic E-state index is 0.444. The molecule has 0 amide bonds. The standard InChI is InChI=1S/C12H21N3S/c13-11-3-1-2-10(6-11)7-14-5-4-12-8-16-9-15-12/h8-11,14H,1-7,13H2. The first-order chi connectivity index (χ1) is 7.84. The average molecular weight is 239 g/mol. The van der Waals surface area contributed by atoms with Crippen molar-refractivity contribution in [3.8, 4) is 0 Å². The molecule has 0 spiro atoms. The van der Waals surface area contributed by atoms with E-state index in [9.17, 15) is 0 Å². The van der Waals surface area contributed by atoms with E-state index in [0.717, 1.165) is 25.4 Å². The number of nitrogens with one attached hydrogen (secondary N) is 1. The lowest BCUT2D eigenvalue weighted by molar-refractivity contribution is 0.311. The van der Waals surface area contributed by atoms with Gasteiger partial charge in [-0.15, -0.1) is 11.3 Å². The molecule has 0 radical (unpaired) electrons. The summed E-state index contributed by atoms with van der Waals surface area (Å²) in [7, 11) is 0. The van der Waals surface area contributed by atoms with Crippen molar-refractivity contribution in [3.63, 3.8) is 0 Å². The topological polar surface area (TPSA) is 50.9 Å². The van der Waals surface area contributed by atoms with Crippen LogP contribution >= 0.6 is 11.3 Å². The van der Waals surface area contributed by atoms with E-state index >= 15 is 0 Å². The fraction of sp³-hybridized carbons (Fsp3) is 0.750. The summed E-state index contributed by atoms with van der Waals surface area (Å²) < 4.78 is 0. The van der Waals surface area contributed by atoms with Gasteiger partial charge in [-0.1, -0.05) is 6.42 Å². The number of thiazole rings is 1. The summed E-state index contributed by atoms with van der Waals surface area (Å²) in [5, 5.41) is 5.65. The highest BCUT2D eigenvalue weighted by molar-refractivity contribution is 7.07. The van der Waals surface area contributed by atoms with Gasteiger partial charge in [0.15, 0.2) is 0 Å². The molecule has 1 heterocycles. The summed E-state index contributed by atoms with van der Waals surface area (Å²) >= 11 is 1.67. The van der Waals surface area contributed by atoms with Crippen molar-refractivity contribution < 1.29 is 0 Å². The monoisotopic (exact) mass is 239 g/mol. The van der Waals surface area contributed by atoms with E-state index in [0.29, 0.717) is 6.04 Å². The lowest BCUT2D eigenvalue weighted by Crippen LogP contribution is -2.33. The van der Waals surface area contributed by atoms with Gasteiger partial charge in [-0.05, 0) is 31.7 Å². The van der Waals surface area contributed by atoms with E-state index in [1.165, 1.54) is 31.4 Å². The summed E-state index contributed by atoms with van der Waals surface area (Å²) in [6, 6.07) is 0.444. The molecule has 1 fully saturated rings. The first-order valence-electron chi connectivity index (χ1n) is 6.18. The number of hydrogen-bond donors (Lipinski definition) is 2. The van der Waals surface area contributed by atoms with E-state index < -0.39 is 0 Å². The van der Waals surface area contributed by atoms with Gasteiger partial charge >= 0.3 is 0 Å². The van der Waals surface area contributed by atoms with Gasteiger partial charge in [0.1, 0.15) is 0 Å². The Morgan fingerprint density at radius 2 is 2.44 bits per heavy atom. The molecule has 1 aromatic rings. The van der Waals surface area contributed by atoms with E-state index in [2.05, 4.69) is 15.7 Å². The lowest BCUT2D eigenvalue weighted by atomic mass is 9.86. The molecule has 3 N–H and O–H groups in total. The summed E-state index contributed by atoms with van der Waals surface area (Å²) in [6.07, 6.45) is 6.11. The van der Waals surface area contributed by atoms with Crippen LogP contribution < -0.4 is 11.1 Å². The van der Waals surface area contributed by atoms with Crippen LogP contribution in [0.15, 0.2) is 10.9 Å². The average Bonchev–Trinajstić information content (AvgIpc) is 2.77. The largest absolute Gasteiger partial charge is 0.328 e. The molecule has 90 valence electrons. The van der Waals surface area contributed by atoms with Gasteiger partial charge in [-0.3, -0.25) is 0 Å². The van der Waals surface area contributed by atoms with Gasteiger partial charge in [0, 0.05) is 24.4 Å². The number of hydrogen-bond acceptors (Lipinski definition) is 4. The molecule has 0 aromatic carbocycles. The SMILES string of the molecule is NC1CCCC(CNCCc2cscn2)C1. The highest BCUT2D eigenvalue weighted by Gasteiger charge is 2.18. The van der Waals surface area contributed by atoms with Gasteiger partial charge < -0.3 is 11.1 Å². The Bertz CT molecular complexity index is 286. The number of aromatic nitrogens is 1. The van der Waals surface area contributed by atoms with Gasteiger partial charge in [0.05, 0.1) is 11.2 Å². The zero-order chi connectivity index (χ0) is 11.2. The van der Waals surface area contributed by atoms with Crippen LogP contribution in [-0.4, -0.2) is 24.1 Å². The summed E-state index contributed by atoms with van der Waals surface area (Å²) in [6.45, 7) is 2.16. The molecule has 2 atom stereocenters. The third-order valence-corrected chi connectivity index (χ3v) is 3.93. The zero-order valence-corrected chi connectivity index (χ0v) is 10.5. The van der Waals surface area contributed by atoms with Crippen LogP contribution in [0.5, 0.6) is 0 Å². The van der Waals surface area contributed by atoms with Crippen molar-refractivity contribution in [2.24, 2.45) is 11.7 Å². The molecular formula is C12H21N3S. The van der Waals surface area contributed by atoms with Crippen LogP contribution in [0.1, 0.15) is 31.4 Å². The summed E-state index contributed by atoms with van der Waals surface area (Å²) in [4.78, 5) is 4.27. The number of nitrogens with two attached hydrogens (primary N) is 1. The molecule has 1 aliphatic rings. The van der Waals surface area contributed by atoms with Crippen LogP contribution in [0.25, 0.3) is 0 Å². The second kappa shape index (κ2) is 6.33. The molecule has 0 saturated heterocycles. The quantitative estimate of drug-likeness (QED) is 0.770. The van der Waals surface area contributed by atoms with Crippen molar-refractivity contribution in [1.29, 1.82) is 0 Å². The first kappa shape index (κ1) is 12.0. The molecule has 1 aliphatic carbocycles.